The van der Waals surface area contributed by atoms with Crippen molar-refractivity contribution in [2.24, 2.45) is 0 Å². The molecule has 1 amide bonds. The van der Waals surface area contributed by atoms with E-state index in [1.54, 1.807) is 0 Å². The van der Waals surface area contributed by atoms with Gasteiger partial charge in [0.05, 0.1) is 18.9 Å². The molecule has 0 atom stereocenters. The fraction of sp³-hybridized carbons (Fsp3) is 0.294. The van der Waals surface area contributed by atoms with Gasteiger partial charge in [-0.25, -0.2) is 13.8 Å². The summed E-state index contributed by atoms with van der Waals surface area (Å²) in [7, 11) is 0. The smallest absolute Gasteiger partial charge is 0.255 e. The second-order valence-electron chi connectivity index (χ2n) is 5.39. The van der Waals surface area contributed by atoms with Gasteiger partial charge in [0.25, 0.3) is 5.91 Å². The summed E-state index contributed by atoms with van der Waals surface area (Å²) in [5, 5.41) is 2.34. The van der Waals surface area contributed by atoms with Crippen molar-refractivity contribution < 1.29 is 23.0 Å². The van der Waals surface area contributed by atoms with Crippen molar-refractivity contribution in [1.29, 1.82) is 0 Å². The predicted octanol–water partition coefficient (Wildman–Crippen LogP) is 3.17. The largest absolute Gasteiger partial charge is 0.474 e. The maximum Gasteiger partial charge on any atom is 0.255 e. The lowest BCUT2D eigenvalue weighted by atomic mass is 10.1. The fourth-order valence-electron chi connectivity index (χ4n) is 2.37. The summed E-state index contributed by atoms with van der Waals surface area (Å²) in [6.07, 6.45) is 2.94. The molecule has 2 aromatic rings. The molecule has 2 heterocycles. The van der Waals surface area contributed by atoms with Gasteiger partial charge in [-0.2, -0.15) is 0 Å². The Morgan fingerprint density at radius 1 is 1.21 bits per heavy atom. The first-order valence-corrected chi connectivity index (χ1v) is 7.58. The molecule has 0 spiro atoms. The Kier molecular flexibility index (Phi) is 5.00. The molecule has 1 aliphatic heterocycles. The number of carbonyl (C=O) groups excluding carboxylic acids is 1. The number of hydrogen-bond acceptors (Lipinski definition) is 4. The molecule has 1 saturated heterocycles. The molecule has 1 aliphatic rings. The summed E-state index contributed by atoms with van der Waals surface area (Å²) in [6, 6.07) is 5.81. The molecule has 0 saturated carbocycles. The van der Waals surface area contributed by atoms with Crippen molar-refractivity contribution in [1.82, 2.24) is 4.98 Å². The molecule has 1 aromatic heterocycles. The Morgan fingerprint density at radius 3 is 2.79 bits per heavy atom. The Morgan fingerprint density at radius 2 is 2.00 bits per heavy atom. The Bertz CT molecular complexity index is 734. The fourth-order valence-corrected chi connectivity index (χ4v) is 2.37. The molecular weight excluding hydrogens is 318 g/mol. The summed E-state index contributed by atoms with van der Waals surface area (Å²) < 4.78 is 37.8. The van der Waals surface area contributed by atoms with E-state index in [1.807, 2.05) is 0 Å². The molecule has 1 fully saturated rings. The highest BCUT2D eigenvalue weighted by molar-refractivity contribution is 6.04. The summed E-state index contributed by atoms with van der Waals surface area (Å²) in [5.74, 6) is -1.60. The maximum atomic E-state index is 13.6. The normalized spacial score (nSPS) is 15.1. The topological polar surface area (TPSA) is 60.5 Å². The molecule has 0 unspecified atom stereocenters. The minimum atomic E-state index is -0.711. The zero-order valence-corrected chi connectivity index (χ0v) is 12.8. The first kappa shape index (κ1) is 16.3. The van der Waals surface area contributed by atoms with Crippen LogP contribution in [-0.4, -0.2) is 30.2 Å². The third-order valence-corrected chi connectivity index (χ3v) is 3.63. The van der Waals surface area contributed by atoms with E-state index in [-0.39, 0.29) is 17.4 Å². The van der Waals surface area contributed by atoms with Gasteiger partial charge in [0.15, 0.2) is 0 Å². The second-order valence-corrected chi connectivity index (χ2v) is 5.39. The van der Waals surface area contributed by atoms with Crippen molar-refractivity contribution in [3.63, 3.8) is 0 Å². The monoisotopic (exact) mass is 334 g/mol. The van der Waals surface area contributed by atoms with E-state index in [0.717, 1.165) is 31.0 Å². The molecule has 5 nitrogen and oxygen atoms in total. The highest BCUT2D eigenvalue weighted by Crippen LogP contribution is 2.19. The molecule has 3 rings (SSSR count). The van der Waals surface area contributed by atoms with E-state index >= 15 is 0 Å². The zero-order chi connectivity index (χ0) is 16.9. The van der Waals surface area contributed by atoms with Crippen molar-refractivity contribution in [3.05, 3.63) is 53.7 Å². The van der Waals surface area contributed by atoms with Crippen molar-refractivity contribution in [3.8, 4) is 5.88 Å². The number of halogens is 2. The maximum absolute atomic E-state index is 13.6. The third kappa shape index (κ3) is 4.05. The molecule has 1 aromatic carbocycles. The van der Waals surface area contributed by atoms with Crippen LogP contribution in [0.3, 0.4) is 0 Å². The van der Waals surface area contributed by atoms with Crippen LogP contribution in [-0.2, 0) is 4.74 Å². The lowest BCUT2D eigenvalue weighted by molar-refractivity contribution is 0.0237. The van der Waals surface area contributed by atoms with Crippen LogP contribution in [0.1, 0.15) is 23.2 Å². The van der Waals surface area contributed by atoms with Crippen LogP contribution >= 0.6 is 0 Å². The van der Waals surface area contributed by atoms with Crippen LogP contribution in [0.2, 0.25) is 0 Å². The first-order chi connectivity index (χ1) is 11.6. The standard InChI is InChI=1S/C17H16F2N2O3/c18-12-1-2-14(19)15(10-12)21-17(22)11-3-6-20-16(9-11)24-13-4-7-23-8-5-13/h1-3,6,9-10,13H,4-5,7-8H2,(H,21,22). The van der Waals surface area contributed by atoms with E-state index in [1.165, 1.54) is 18.3 Å². The molecule has 1 N–H and O–H groups in total. The lowest BCUT2D eigenvalue weighted by Gasteiger charge is -2.22. The summed E-state index contributed by atoms with van der Waals surface area (Å²) in [6.45, 7) is 1.26. The highest BCUT2D eigenvalue weighted by atomic mass is 19.1. The van der Waals surface area contributed by atoms with Gasteiger partial charge in [-0.15, -0.1) is 0 Å². The zero-order valence-electron chi connectivity index (χ0n) is 12.8. The van der Waals surface area contributed by atoms with Gasteiger partial charge in [0, 0.05) is 36.7 Å². The number of amides is 1. The van der Waals surface area contributed by atoms with E-state index < -0.39 is 17.5 Å². The molecule has 24 heavy (non-hydrogen) atoms. The summed E-state index contributed by atoms with van der Waals surface area (Å²) in [5.41, 5.74) is 0.0273. The predicted molar refractivity (Wildman–Crippen MR) is 83.0 cm³/mol. The van der Waals surface area contributed by atoms with Crippen molar-refractivity contribution in [2.45, 2.75) is 18.9 Å². The molecular formula is C17H16F2N2O3. The van der Waals surface area contributed by atoms with Gasteiger partial charge in [-0.1, -0.05) is 0 Å². The van der Waals surface area contributed by atoms with Crippen LogP contribution in [0.15, 0.2) is 36.5 Å². The molecule has 126 valence electrons. The third-order valence-electron chi connectivity index (χ3n) is 3.63. The highest BCUT2D eigenvalue weighted by Gasteiger charge is 2.17. The number of hydrogen-bond donors (Lipinski definition) is 1. The second kappa shape index (κ2) is 7.35. The number of nitrogens with one attached hydrogen (secondary N) is 1. The number of anilines is 1. The van der Waals surface area contributed by atoms with Crippen LogP contribution in [0.5, 0.6) is 5.88 Å². The average molecular weight is 334 g/mol. The van der Waals surface area contributed by atoms with Crippen molar-refractivity contribution >= 4 is 11.6 Å². The molecule has 0 aliphatic carbocycles. The minimum Gasteiger partial charge on any atom is -0.474 e. The molecule has 7 heteroatoms. The van der Waals surface area contributed by atoms with Crippen molar-refractivity contribution in [2.75, 3.05) is 18.5 Å². The SMILES string of the molecule is O=C(Nc1cc(F)ccc1F)c1ccnc(OC2CCOCC2)c1. The summed E-state index contributed by atoms with van der Waals surface area (Å²) >= 11 is 0. The van der Waals surface area contributed by atoms with Gasteiger partial charge < -0.3 is 14.8 Å². The van der Waals surface area contributed by atoms with Crippen LogP contribution < -0.4 is 10.1 Å². The number of ether oxygens (including phenoxy) is 2. The minimum absolute atomic E-state index is 0.00905. The Labute approximate surface area is 137 Å². The van der Waals surface area contributed by atoms with Gasteiger partial charge in [-0.3, -0.25) is 4.79 Å². The van der Waals surface area contributed by atoms with Crippen LogP contribution in [0, 0.1) is 11.6 Å². The van der Waals surface area contributed by atoms with E-state index in [9.17, 15) is 13.6 Å². The number of rotatable bonds is 4. The van der Waals surface area contributed by atoms with Gasteiger partial charge in [-0.05, 0) is 18.2 Å². The van der Waals surface area contributed by atoms with Gasteiger partial charge in [0.2, 0.25) is 5.88 Å². The Balaban J connectivity index is 1.70. The summed E-state index contributed by atoms with van der Waals surface area (Å²) in [4.78, 5) is 16.3. The Hall–Kier alpha value is -2.54. The van der Waals surface area contributed by atoms with Gasteiger partial charge >= 0.3 is 0 Å². The number of aromatic nitrogens is 1. The van der Waals surface area contributed by atoms with Crippen LogP contribution in [0.4, 0.5) is 14.5 Å². The molecule has 0 radical (unpaired) electrons. The lowest BCUT2D eigenvalue weighted by Crippen LogP contribution is -2.26. The number of benzene rings is 1. The average Bonchev–Trinajstić information content (AvgIpc) is 2.59. The van der Waals surface area contributed by atoms with E-state index in [2.05, 4.69) is 10.3 Å². The number of carbonyl (C=O) groups is 1. The van der Waals surface area contributed by atoms with E-state index in [4.69, 9.17) is 9.47 Å². The van der Waals surface area contributed by atoms with Gasteiger partial charge in [0.1, 0.15) is 17.7 Å². The quantitative estimate of drug-likeness (QED) is 0.933. The first-order valence-electron chi connectivity index (χ1n) is 7.58. The molecule has 0 bridgehead atoms. The number of pyridine rings is 1. The van der Waals surface area contributed by atoms with Crippen LogP contribution in [0.25, 0.3) is 0 Å². The number of nitrogens with zero attached hydrogens (tertiary/aromatic N) is 1. The van der Waals surface area contributed by atoms with E-state index in [0.29, 0.717) is 19.1 Å².